The normalized spacial score (nSPS) is 22.8. The van der Waals surface area contributed by atoms with Crippen LogP contribution < -0.4 is 5.32 Å². The first-order valence-electron chi connectivity index (χ1n) is 11.9. The van der Waals surface area contributed by atoms with E-state index in [0.717, 1.165) is 38.6 Å². The smallest absolute Gasteiger partial charge is 0.322 e. The van der Waals surface area contributed by atoms with Gasteiger partial charge in [-0.15, -0.1) is 0 Å². The monoisotopic (exact) mass is 484 g/mol. The Kier molecular flexibility index (Phi) is 8.04. The lowest BCUT2D eigenvalue weighted by Gasteiger charge is -2.38. The van der Waals surface area contributed by atoms with Crippen molar-refractivity contribution in [3.8, 4) is 6.07 Å². The number of likely N-dealkylation sites (tertiary alicyclic amines) is 1. The van der Waals surface area contributed by atoms with Gasteiger partial charge in [0.25, 0.3) is 0 Å². The van der Waals surface area contributed by atoms with Crippen LogP contribution in [0, 0.1) is 17.1 Å². The van der Waals surface area contributed by atoms with E-state index in [9.17, 15) is 19.6 Å². The largest absolute Gasteiger partial charge is 0.392 e. The van der Waals surface area contributed by atoms with Crippen LogP contribution in [0.5, 0.6) is 0 Å². The molecule has 1 heterocycles. The van der Waals surface area contributed by atoms with Crippen LogP contribution >= 0.6 is 11.6 Å². The number of aliphatic hydroxyl groups excluding tert-OH is 1. The number of amides is 2. The fourth-order valence-electron chi connectivity index (χ4n) is 5.07. The number of benzene rings is 2. The van der Waals surface area contributed by atoms with Gasteiger partial charge in [0.2, 0.25) is 0 Å². The van der Waals surface area contributed by atoms with Gasteiger partial charge >= 0.3 is 6.03 Å². The van der Waals surface area contributed by atoms with Crippen LogP contribution in [-0.2, 0) is 0 Å². The minimum atomic E-state index is -0.525. The molecule has 6 nitrogen and oxygen atoms in total. The Morgan fingerprint density at radius 2 is 2.00 bits per heavy atom. The number of nitrogens with one attached hydrogen (secondary N) is 1. The Bertz CT molecular complexity index is 1050. The summed E-state index contributed by atoms with van der Waals surface area (Å²) in [4.78, 5) is 17.3. The third-order valence-corrected chi connectivity index (χ3v) is 7.25. The van der Waals surface area contributed by atoms with Gasteiger partial charge in [0, 0.05) is 37.9 Å². The molecule has 0 bridgehead atoms. The Morgan fingerprint density at radius 1 is 1.21 bits per heavy atom. The van der Waals surface area contributed by atoms with Crippen LogP contribution in [-0.4, -0.2) is 59.3 Å². The highest BCUT2D eigenvalue weighted by atomic mass is 35.5. The summed E-state index contributed by atoms with van der Waals surface area (Å²) in [5, 5.41) is 21.9. The maximum atomic E-state index is 13.5. The fraction of sp³-hybridized carbons (Fsp3) is 0.462. The molecule has 0 unspecified atom stereocenters. The summed E-state index contributed by atoms with van der Waals surface area (Å²) in [5.41, 5.74) is 2.31. The summed E-state index contributed by atoms with van der Waals surface area (Å²) in [6.45, 7) is 2.70. The predicted molar refractivity (Wildman–Crippen MR) is 130 cm³/mol. The number of rotatable bonds is 6. The highest BCUT2D eigenvalue weighted by Crippen LogP contribution is 2.35. The molecule has 1 aliphatic carbocycles. The molecule has 2 aromatic carbocycles. The summed E-state index contributed by atoms with van der Waals surface area (Å²) in [6.07, 6.45) is 4.06. The van der Waals surface area contributed by atoms with Crippen molar-refractivity contribution in [2.24, 2.45) is 0 Å². The third-order valence-electron chi connectivity index (χ3n) is 6.96. The minimum Gasteiger partial charge on any atom is -0.392 e. The molecule has 2 amide bonds. The van der Waals surface area contributed by atoms with Gasteiger partial charge in [0.05, 0.1) is 22.8 Å². The molecule has 1 saturated carbocycles. The summed E-state index contributed by atoms with van der Waals surface area (Å²) >= 11 is 5.89. The molecule has 2 aliphatic rings. The molecule has 34 heavy (non-hydrogen) atoms. The lowest BCUT2D eigenvalue weighted by Crippen LogP contribution is -2.47. The topological polar surface area (TPSA) is 79.6 Å². The van der Waals surface area contributed by atoms with E-state index in [0.29, 0.717) is 36.8 Å². The van der Waals surface area contributed by atoms with Gasteiger partial charge in [-0.05, 0) is 73.9 Å². The molecule has 1 atom stereocenters. The lowest BCUT2D eigenvalue weighted by molar-refractivity contribution is 0.143. The molecule has 2 aromatic rings. The molecule has 1 aliphatic heterocycles. The Labute approximate surface area is 204 Å². The summed E-state index contributed by atoms with van der Waals surface area (Å²) in [7, 11) is 0. The zero-order chi connectivity index (χ0) is 24.1. The third kappa shape index (κ3) is 6.06. The van der Waals surface area contributed by atoms with Gasteiger partial charge in [-0.25, -0.2) is 9.18 Å². The molecular weight excluding hydrogens is 455 g/mol. The number of nitrogens with zero attached hydrogens (tertiary/aromatic N) is 3. The van der Waals surface area contributed by atoms with Crippen LogP contribution in [0.2, 0.25) is 5.02 Å². The molecule has 0 aromatic heterocycles. The highest BCUT2D eigenvalue weighted by molar-refractivity contribution is 6.31. The van der Waals surface area contributed by atoms with Gasteiger partial charge in [-0.3, -0.25) is 4.90 Å². The van der Waals surface area contributed by atoms with E-state index >= 15 is 0 Å². The molecule has 180 valence electrons. The van der Waals surface area contributed by atoms with Crippen molar-refractivity contribution in [2.45, 2.75) is 50.2 Å². The SMILES string of the molecule is N#Cc1cccc(C2CCC(N(CCN3CC[C@H](O)C3)C(=O)Nc3ccc(F)c(Cl)c3)CC2)c1. The lowest BCUT2D eigenvalue weighted by atomic mass is 9.81. The first-order valence-corrected chi connectivity index (χ1v) is 12.2. The second-order valence-electron chi connectivity index (χ2n) is 9.24. The summed E-state index contributed by atoms with van der Waals surface area (Å²) < 4.78 is 13.5. The molecule has 8 heteroatoms. The maximum Gasteiger partial charge on any atom is 0.322 e. The van der Waals surface area contributed by atoms with Gasteiger partial charge in [-0.1, -0.05) is 23.7 Å². The first-order chi connectivity index (χ1) is 16.4. The second-order valence-corrected chi connectivity index (χ2v) is 9.65. The van der Waals surface area contributed by atoms with E-state index in [4.69, 9.17) is 11.6 Å². The number of hydrogen-bond donors (Lipinski definition) is 2. The first kappa shape index (κ1) is 24.5. The van der Waals surface area contributed by atoms with E-state index in [1.54, 1.807) is 0 Å². The van der Waals surface area contributed by atoms with Gasteiger partial charge in [0.1, 0.15) is 5.82 Å². The second kappa shape index (κ2) is 11.2. The Hall–Kier alpha value is -2.66. The van der Waals surface area contributed by atoms with E-state index in [2.05, 4.69) is 22.4 Å². The zero-order valence-corrected chi connectivity index (χ0v) is 19.8. The van der Waals surface area contributed by atoms with Crippen molar-refractivity contribution in [1.82, 2.24) is 9.80 Å². The van der Waals surface area contributed by atoms with Crippen molar-refractivity contribution in [3.05, 3.63) is 64.4 Å². The number of aliphatic hydroxyl groups is 1. The molecule has 0 radical (unpaired) electrons. The molecule has 0 spiro atoms. The molecule has 4 rings (SSSR count). The average Bonchev–Trinajstić information content (AvgIpc) is 3.27. The maximum absolute atomic E-state index is 13.5. The van der Waals surface area contributed by atoms with Crippen LogP contribution in [0.25, 0.3) is 0 Å². The number of halogens is 2. The van der Waals surface area contributed by atoms with E-state index in [1.807, 2.05) is 23.1 Å². The van der Waals surface area contributed by atoms with Crippen molar-refractivity contribution in [3.63, 3.8) is 0 Å². The Morgan fingerprint density at radius 3 is 2.68 bits per heavy atom. The van der Waals surface area contributed by atoms with Crippen LogP contribution in [0.3, 0.4) is 0 Å². The average molecular weight is 485 g/mol. The number of hydrogen-bond acceptors (Lipinski definition) is 4. The minimum absolute atomic E-state index is 0.0319. The number of urea groups is 1. The van der Waals surface area contributed by atoms with E-state index in [1.165, 1.54) is 23.8 Å². The number of carbonyl (C=O) groups excluding carboxylic acids is 1. The fourth-order valence-corrected chi connectivity index (χ4v) is 5.25. The van der Waals surface area contributed by atoms with Crippen molar-refractivity contribution >= 4 is 23.3 Å². The van der Waals surface area contributed by atoms with E-state index in [-0.39, 0.29) is 23.2 Å². The quantitative estimate of drug-likeness (QED) is 0.606. The van der Waals surface area contributed by atoms with Gasteiger partial charge < -0.3 is 15.3 Å². The molecule has 2 fully saturated rings. The number of β-amino-alcohol motifs (C(OH)–C–C–N with tert-alkyl or cyclic N) is 1. The van der Waals surface area contributed by atoms with E-state index < -0.39 is 5.82 Å². The Balaban J connectivity index is 1.43. The van der Waals surface area contributed by atoms with Crippen LogP contribution in [0.15, 0.2) is 42.5 Å². The van der Waals surface area contributed by atoms with Crippen molar-refractivity contribution in [1.29, 1.82) is 5.26 Å². The van der Waals surface area contributed by atoms with Crippen molar-refractivity contribution < 1.29 is 14.3 Å². The van der Waals surface area contributed by atoms with Crippen LogP contribution in [0.1, 0.15) is 49.1 Å². The zero-order valence-electron chi connectivity index (χ0n) is 19.1. The van der Waals surface area contributed by atoms with Gasteiger partial charge in [0.15, 0.2) is 0 Å². The van der Waals surface area contributed by atoms with Crippen molar-refractivity contribution in [2.75, 3.05) is 31.5 Å². The summed E-state index contributed by atoms with van der Waals surface area (Å²) in [5.74, 6) is -0.151. The number of carbonyl (C=O) groups is 1. The number of anilines is 1. The molecule has 2 N–H and O–H groups in total. The summed E-state index contributed by atoms with van der Waals surface area (Å²) in [6, 6.07) is 14.0. The molecule has 1 saturated heterocycles. The number of nitriles is 1. The predicted octanol–water partition coefficient (Wildman–Crippen LogP) is 4.98. The van der Waals surface area contributed by atoms with Crippen LogP contribution in [0.4, 0.5) is 14.9 Å². The highest BCUT2D eigenvalue weighted by Gasteiger charge is 2.31. The molecular formula is C26H30ClFN4O2. The standard InChI is InChI=1S/C26H30ClFN4O2/c27-24-15-21(6-9-25(24)28)30-26(34)32(13-12-31-11-10-23(33)17-31)22-7-4-19(5-8-22)20-3-1-2-18(14-20)16-29/h1-3,6,9,14-15,19,22-23,33H,4-5,7-8,10-13,17H2,(H,30,34)/t19?,22?,23-/m0/s1. The van der Waals surface area contributed by atoms with Gasteiger partial charge in [-0.2, -0.15) is 5.26 Å².